The number of ether oxygens (including phenoxy) is 1. The lowest BCUT2D eigenvalue weighted by Gasteiger charge is -2.19. The van der Waals surface area contributed by atoms with E-state index < -0.39 is 0 Å². The van der Waals surface area contributed by atoms with Gasteiger partial charge in [-0.2, -0.15) is 0 Å². The molecule has 1 aromatic heterocycles. The second-order valence-electron chi connectivity index (χ2n) is 4.49. The number of rotatable bonds is 4. The Labute approximate surface area is 112 Å². The van der Waals surface area contributed by atoms with Crippen LogP contribution in [0.2, 0.25) is 0 Å². The van der Waals surface area contributed by atoms with E-state index in [1.54, 1.807) is 6.08 Å². The van der Waals surface area contributed by atoms with Crippen molar-refractivity contribution in [2.24, 2.45) is 0 Å². The molecule has 19 heavy (non-hydrogen) atoms. The molecule has 0 atom stereocenters. The number of hydrogen-bond acceptors (Lipinski definition) is 3. The average molecular weight is 258 g/mol. The molecule has 2 heterocycles. The van der Waals surface area contributed by atoms with Crippen molar-refractivity contribution in [3.63, 3.8) is 0 Å². The third kappa shape index (κ3) is 3.69. The molecule has 4 nitrogen and oxygen atoms in total. The normalized spacial score (nSPS) is 15.6. The highest BCUT2D eigenvalue weighted by Crippen LogP contribution is 2.18. The molecule has 0 unspecified atom stereocenters. The summed E-state index contributed by atoms with van der Waals surface area (Å²) < 4.78 is 5.56. The molecular weight excluding hydrogens is 240 g/mol. The monoisotopic (exact) mass is 258 g/mol. The van der Waals surface area contributed by atoms with Gasteiger partial charge in [-0.1, -0.05) is 31.4 Å². The van der Waals surface area contributed by atoms with Crippen LogP contribution in [0.3, 0.4) is 0 Å². The van der Waals surface area contributed by atoms with Crippen molar-refractivity contribution in [1.82, 2.24) is 9.88 Å². The van der Waals surface area contributed by atoms with E-state index in [4.69, 9.17) is 4.74 Å². The first-order valence-corrected chi connectivity index (χ1v) is 6.23. The van der Waals surface area contributed by atoms with Gasteiger partial charge in [0.15, 0.2) is 5.88 Å². The molecule has 1 aliphatic rings. The molecule has 0 radical (unpaired) electrons. The van der Waals surface area contributed by atoms with Crippen LogP contribution in [-0.2, 0) is 6.54 Å². The summed E-state index contributed by atoms with van der Waals surface area (Å²) in [4.78, 5) is 16.2. The van der Waals surface area contributed by atoms with E-state index in [9.17, 15) is 4.79 Å². The fourth-order valence-electron chi connectivity index (χ4n) is 2.01. The number of H-pyrrole nitrogens is 1. The first kappa shape index (κ1) is 13.4. The van der Waals surface area contributed by atoms with E-state index in [-0.39, 0.29) is 5.56 Å². The number of nitrogens with one attached hydrogen (secondary N) is 1. The Bertz CT molecular complexity index is 558. The summed E-state index contributed by atoms with van der Waals surface area (Å²) in [5, 5.41) is 0. The standard InChI is InChI=1S/C15H18N2O2/c1-3-4-5-12(2)10-17-8-9-19-15-13(11-17)6-7-14(18)16-15/h3-7H,1-2,8-11H2,(H,16,18)/b5-4-. The molecule has 1 aliphatic heterocycles. The van der Waals surface area contributed by atoms with Crippen molar-refractivity contribution in [1.29, 1.82) is 0 Å². The summed E-state index contributed by atoms with van der Waals surface area (Å²) in [5.41, 5.74) is 1.89. The number of pyridine rings is 1. The number of hydrogen-bond donors (Lipinski definition) is 1. The summed E-state index contributed by atoms with van der Waals surface area (Å²) >= 11 is 0. The number of aromatic nitrogens is 1. The molecule has 0 fully saturated rings. The lowest BCUT2D eigenvalue weighted by molar-refractivity contribution is 0.237. The van der Waals surface area contributed by atoms with Crippen LogP contribution < -0.4 is 10.3 Å². The van der Waals surface area contributed by atoms with E-state index in [2.05, 4.69) is 23.0 Å². The highest BCUT2D eigenvalue weighted by molar-refractivity contribution is 5.27. The van der Waals surface area contributed by atoms with Crippen molar-refractivity contribution in [3.8, 4) is 5.88 Å². The maximum atomic E-state index is 11.2. The minimum atomic E-state index is -0.134. The summed E-state index contributed by atoms with van der Waals surface area (Å²) in [6, 6.07) is 3.34. The second-order valence-corrected chi connectivity index (χ2v) is 4.49. The van der Waals surface area contributed by atoms with Crippen LogP contribution in [0.25, 0.3) is 0 Å². The Balaban J connectivity index is 2.07. The number of allylic oxidation sites excluding steroid dienone is 2. The van der Waals surface area contributed by atoms with Gasteiger partial charge in [-0.15, -0.1) is 0 Å². The third-order valence-corrected chi connectivity index (χ3v) is 2.91. The molecule has 0 spiro atoms. The fourth-order valence-corrected chi connectivity index (χ4v) is 2.01. The lowest BCUT2D eigenvalue weighted by Crippen LogP contribution is -2.27. The zero-order valence-corrected chi connectivity index (χ0v) is 10.9. The van der Waals surface area contributed by atoms with Gasteiger partial charge in [-0.05, 0) is 11.6 Å². The largest absolute Gasteiger partial charge is 0.477 e. The van der Waals surface area contributed by atoms with Crippen LogP contribution in [0.4, 0.5) is 0 Å². The molecule has 1 N–H and O–H groups in total. The molecule has 0 aliphatic carbocycles. The van der Waals surface area contributed by atoms with Crippen LogP contribution in [-0.4, -0.2) is 29.6 Å². The number of aromatic amines is 1. The fraction of sp³-hybridized carbons (Fsp3) is 0.267. The quantitative estimate of drug-likeness (QED) is 0.839. The summed E-state index contributed by atoms with van der Waals surface area (Å²) in [7, 11) is 0. The maximum absolute atomic E-state index is 11.2. The predicted octanol–water partition coefficient (Wildman–Crippen LogP) is 1.87. The van der Waals surface area contributed by atoms with Gasteiger partial charge in [0.2, 0.25) is 0 Å². The SMILES string of the molecule is C=C/C=C\C(=C)CN1CCOc2[nH]c(=O)ccc2C1. The minimum Gasteiger partial charge on any atom is -0.477 e. The van der Waals surface area contributed by atoms with Crippen LogP contribution in [0.5, 0.6) is 5.88 Å². The highest BCUT2D eigenvalue weighted by atomic mass is 16.5. The van der Waals surface area contributed by atoms with E-state index >= 15 is 0 Å². The molecule has 0 amide bonds. The van der Waals surface area contributed by atoms with Crippen LogP contribution in [0, 0.1) is 0 Å². The van der Waals surface area contributed by atoms with Crippen molar-refractivity contribution in [3.05, 3.63) is 65.0 Å². The molecular formula is C15H18N2O2. The molecule has 0 aromatic carbocycles. The molecule has 0 saturated carbocycles. The van der Waals surface area contributed by atoms with Crippen molar-refractivity contribution >= 4 is 0 Å². The Kier molecular flexibility index (Phi) is 4.36. The Hall–Kier alpha value is -2.07. The molecule has 100 valence electrons. The first-order chi connectivity index (χ1) is 9.19. The average Bonchev–Trinajstić information content (AvgIpc) is 2.57. The molecule has 0 saturated heterocycles. The number of fused-ring (bicyclic) bond motifs is 1. The van der Waals surface area contributed by atoms with Gasteiger partial charge < -0.3 is 4.74 Å². The molecule has 2 rings (SSSR count). The van der Waals surface area contributed by atoms with Gasteiger partial charge in [-0.25, -0.2) is 0 Å². The highest BCUT2D eigenvalue weighted by Gasteiger charge is 2.15. The van der Waals surface area contributed by atoms with Crippen molar-refractivity contribution in [2.45, 2.75) is 6.54 Å². The molecule has 1 aromatic rings. The van der Waals surface area contributed by atoms with E-state index in [1.165, 1.54) is 6.07 Å². The van der Waals surface area contributed by atoms with Gasteiger partial charge in [0, 0.05) is 31.3 Å². The van der Waals surface area contributed by atoms with Gasteiger partial charge in [0.25, 0.3) is 5.56 Å². The zero-order valence-electron chi connectivity index (χ0n) is 10.9. The Morgan fingerprint density at radius 2 is 2.37 bits per heavy atom. The van der Waals surface area contributed by atoms with Crippen LogP contribution in [0.15, 0.2) is 53.9 Å². The zero-order chi connectivity index (χ0) is 13.7. The smallest absolute Gasteiger partial charge is 0.250 e. The van der Waals surface area contributed by atoms with Crippen LogP contribution >= 0.6 is 0 Å². The van der Waals surface area contributed by atoms with E-state index in [0.717, 1.165) is 30.8 Å². The van der Waals surface area contributed by atoms with Gasteiger partial charge >= 0.3 is 0 Å². The summed E-state index contributed by atoms with van der Waals surface area (Å²) in [6.45, 7) is 10.5. The topological polar surface area (TPSA) is 45.3 Å². The van der Waals surface area contributed by atoms with Gasteiger partial charge in [0.1, 0.15) is 6.61 Å². The van der Waals surface area contributed by atoms with Crippen molar-refractivity contribution in [2.75, 3.05) is 19.7 Å². The van der Waals surface area contributed by atoms with E-state index in [1.807, 2.05) is 18.2 Å². The van der Waals surface area contributed by atoms with Gasteiger partial charge in [0.05, 0.1) is 0 Å². The Morgan fingerprint density at radius 1 is 1.53 bits per heavy atom. The van der Waals surface area contributed by atoms with Crippen molar-refractivity contribution < 1.29 is 4.74 Å². The Morgan fingerprint density at radius 3 is 3.16 bits per heavy atom. The third-order valence-electron chi connectivity index (χ3n) is 2.91. The minimum absolute atomic E-state index is 0.134. The lowest BCUT2D eigenvalue weighted by atomic mass is 10.2. The molecule has 0 bridgehead atoms. The second kappa shape index (κ2) is 6.20. The maximum Gasteiger partial charge on any atom is 0.250 e. The number of nitrogens with zero attached hydrogens (tertiary/aromatic N) is 1. The molecule has 4 heteroatoms. The van der Waals surface area contributed by atoms with E-state index in [0.29, 0.717) is 12.5 Å². The van der Waals surface area contributed by atoms with Crippen LogP contribution in [0.1, 0.15) is 5.56 Å². The summed E-state index contributed by atoms with van der Waals surface area (Å²) in [5.74, 6) is 0.585. The van der Waals surface area contributed by atoms with Gasteiger partial charge in [-0.3, -0.25) is 14.7 Å². The first-order valence-electron chi connectivity index (χ1n) is 6.23. The predicted molar refractivity (Wildman–Crippen MR) is 76.3 cm³/mol. The summed E-state index contributed by atoms with van der Waals surface area (Å²) in [6.07, 6.45) is 5.56.